The zero-order valence-corrected chi connectivity index (χ0v) is 18.6. The molecule has 0 aliphatic carbocycles. The molecule has 0 spiro atoms. The Labute approximate surface area is 188 Å². The van der Waals surface area contributed by atoms with Gasteiger partial charge in [0.15, 0.2) is 0 Å². The van der Waals surface area contributed by atoms with Crippen LogP contribution in [0, 0.1) is 6.92 Å². The minimum Gasteiger partial charge on any atom is -0.455 e. The second kappa shape index (κ2) is 9.67. The maximum Gasteiger partial charge on any atom is 0.138 e. The molecule has 0 fully saturated rings. The van der Waals surface area contributed by atoms with Crippen molar-refractivity contribution in [3.63, 3.8) is 0 Å². The normalized spacial score (nSPS) is 13.9. The molecular formula is C28H27NO3. The van der Waals surface area contributed by atoms with Gasteiger partial charge in [0.05, 0.1) is 12.3 Å². The molecule has 0 saturated carbocycles. The van der Waals surface area contributed by atoms with Crippen LogP contribution in [-0.4, -0.2) is 17.4 Å². The van der Waals surface area contributed by atoms with Crippen molar-refractivity contribution in [3.05, 3.63) is 101 Å². The van der Waals surface area contributed by atoms with Gasteiger partial charge in [-0.15, -0.1) is 0 Å². The number of furan rings is 1. The standard InChI is InChI=1S/C28H27NO3/c1-19-9-7-13-25-26-14-8-12-23(28(26)31-27(19)25)15-16-24(22-10-5-4-6-11-22)18-29-32-21(3)17-20(2)30/h4-14,16-18,20,30H,15H2,1-3H3/b21-17-,24-16+,29-18+. The van der Waals surface area contributed by atoms with Crippen LogP contribution >= 0.6 is 0 Å². The topological polar surface area (TPSA) is 55.0 Å². The highest BCUT2D eigenvalue weighted by molar-refractivity contribution is 6.10. The number of aliphatic hydroxyl groups is 1. The van der Waals surface area contributed by atoms with Crippen LogP contribution < -0.4 is 0 Å². The maximum atomic E-state index is 9.45. The molecule has 4 heteroatoms. The first-order chi connectivity index (χ1) is 15.5. The van der Waals surface area contributed by atoms with E-state index in [1.165, 1.54) is 0 Å². The Kier molecular flexibility index (Phi) is 6.52. The molecule has 1 N–H and O–H groups in total. The number of aryl methyl sites for hydroxylation is 1. The highest BCUT2D eigenvalue weighted by atomic mass is 16.6. The van der Waals surface area contributed by atoms with E-state index >= 15 is 0 Å². The Morgan fingerprint density at radius 1 is 1.00 bits per heavy atom. The predicted molar refractivity (Wildman–Crippen MR) is 132 cm³/mol. The van der Waals surface area contributed by atoms with E-state index < -0.39 is 6.10 Å². The van der Waals surface area contributed by atoms with Crippen molar-refractivity contribution >= 4 is 33.7 Å². The van der Waals surface area contributed by atoms with Crippen LogP contribution in [0.4, 0.5) is 0 Å². The summed E-state index contributed by atoms with van der Waals surface area (Å²) in [6.07, 6.45) is 5.55. The number of hydrogen-bond donors (Lipinski definition) is 1. The molecule has 0 bridgehead atoms. The van der Waals surface area contributed by atoms with E-state index in [9.17, 15) is 5.11 Å². The number of rotatable bonds is 7. The van der Waals surface area contributed by atoms with Gasteiger partial charge in [0.2, 0.25) is 0 Å². The Bertz CT molecular complexity index is 1310. The van der Waals surface area contributed by atoms with Crippen molar-refractivity contribution in [3.8, 4) is 0 Å². The zero-order chi connectivity index (χ0) is 22.5. The number of hydrogen-bond acceptors (Lipinski definition) is 4. The number of oxime groups is 1. The van der Waals surface area contributed by atoms with E-state index in [2.05, 4.69) is 54.6 Å². The molecule has 32 heavy (non-hydrogen) atoms. The van der Waals surface area contributed by atoms with Gasteiger partial charge in [-0.3, -0.25) is 0 Å². The second-order valence-corrected chi connectivity index (χ2v) is 7.92. The summed E-state index contributed by atoms with van der Waals surface area (Å²) < 4.78 is 6.28. The Hall–Kier alpha value is -3.63. The monoisotopic (exact) mass is 425 g/mol. The van der Waals surface area contributed by atoms with Gasteiger partial charge in [0.25, 0.3) is 0 Å². The molecule has 1 atom stereocenters. The number of aliphatic hydroxyl groups excluding tert-OH is 1. The van der Waals surface area contributed by atoms with Crippen molar-refractivity contribution < 1.29 is 14.4 Å². The summed E-state index contributed by atoms with van der Waals surface area (Å²) in [6, 6.07) is 22.6. The summed E-state index contributed by atoms with van der Waals surface area (Å²) >= 11 is 0. The largest absolute Gasteiger partial charge is 0.455 e. The van der Waals surface area contributed by atoms with Gasteiger partial charge in [-0.1, -0.05) is 78.0 Å². The first kappa shape index (κ1) is 21.6. The van der Waals surface area contributed by atoms with Crippen LogP contribution in [0.2, 0.25) is 0 Å². The van der Waals surface area contributed by atoms with Crippen LogP contribution in [0.15, 0.2) is 94.2 Å². The fourth-order valence-electron chi connectivity index (χ4n) is 3.81. The van der Waals surface area contributed by atoms with Crippen molar-refractivity contribution in [2.24, 2.45) is 5.16 Å². The van der Waals surface area contributed by atoms with Crippen LogP contribution in [0.3, 0.4) is 0 Å². The molecule has 162 valence electrons. The van der Waals surface area contributed by atoms with Gasteiger partial charge in [0.1, 0.15) is 16.9 Å². The number of nitrogens with zero attached hydrogens (tertiary/aromatic N) is 1. The summed E-state index contributed by atoms with van der Waals surface area (Å²) in [7, 11) is 0. The number of benzene rings is 3. The molecule has 4 rings (SSSR count). The van der Waals surface area contributed by atoms with Crippen LogP contribution in [0.25, 0.3) is 27.5 Å². The number of fused-ring (bicyclic) bond motifs is 3. The molecule has 0 aliphatic heterocycles. The minimum absolute atomic E-state index is 0.547. The molecule has 1 aromatic heterocycles. The first-order valence-electron chi connectivity index (χ1n) is 10.7. The SMILES string of the molecule is C/C(=C/C(C)O)O/N=C/C(=C\Cc1cccc2c1oc1c(C)cccc12)c1ccccc1. The lowest BCUT2D eigenvalue weighted by Crippen LogP contribution is -1.96. The molecule has 0 amide bonds. The highest BCUT2D eigenvalue weighted by Crippen LogP contribution is 2.33. The fourth-order valence-corrected chi connectivity index (χ4v) is 3.81. The Balaban J connectivity index is 1.68. The van der Waals surface area contributed by atoms with Gasteiger partial charge in [-0.05, 0) is 55.5 Å². The van der Waals surface area contributed by atoms with Crippen molar-refractivity contribution in [1.82, 2.24) is 0 Å². The minimum atomic E-state index is -0.581. The quantitative estimate of drug-likeness (QED) is 0.201. The summed E-state index contributed by atoms with van der Waals surface area (Å²) in [5.74, 6) is 0.547. The highest BCUT2D eigenvalue weighted by Gasteiger charge is 2.11. The van der Waals surface area contributed by atoms with E-state index in [1.807, 2.05) is 30.3 Å². The van der Waals surface area contributed by atoms with Gasteiger partial charge in [0, 0.05) is 10.8 Å². The van der Waals surface area contributed by atoms with E-state index in [-0.39, 0.29) is 0 Å². The average Bonchev–Trinajstić information content (AvgIpc) is 3.17. The summed E-state index contributed by atoms with van der Waals surface area (Å²) in [5, 5.41) is 15.8. The number of allylic oxidation sites excluding steroid dienone is 3. The van der Waals surface area contributed by atoms with Gasteiger partial charge in [-0.25, -0.2) is 0 Å². The molecular weight excluding hydrogens is 398 g/mol. The molecule has 0 aliphatic rings. The Morgan fingerprint density at radius 2 is 1.72 bits per heavy atom. The summed E-state index contributed by atoms with van der Waals surface area (Å²) in [5.41, 5.74) is 6.10. The molecule has 0 saturated heterocycles. The third-order valence-corrected chi connectivity index (χ3v) is 5.32. The molecule has 1 unspecified atom stereocenters. The molecule has 1 heterocycles. The van der Waals surface area contributed by atoms with Crippen LogP contribution in [-0.2, 0) is 11.3 Å². The summed E-state index contributed by atoms with van der Waals surface area (Å²) in [4.78, 5) is 5.39. The molecule has 3 aromatic carbocycles. The summed E-state index contributed by atoms with van der Waals surface area (Å²) in [6.45, 7) is 5.51. The predicted octanol–water partition coefficient (Wildman–Crippen LogP) is 6.81. The molecule has 0 radical (unpaired) electrons. The van der Waals surface area contributed by atoms with E-state index in [4.69, 9.17) is 9.25 Å². The number of para-hydroxylation sites is 2. The van der Waals surface area contributed by atoms with E-state index in [0.717, 1.165) is 44.2 Å². The van der Waals surface area contributed by atoms with Crippen LogP contribution in [0.1, 0.15) is 30.5 Å². The van der Waals surface area contributed by atoms with E-state index in [1.54, 1.807) is 26.1 Å². The van der Waals surface area contributed by atoms with Crippen LogP contribution in [0.5, 0.6) is 0 Å². The first-order valence-corrected chi connectivity index (χ1v) is 10.7. The Morgan fingerprint density at radius 3 is 2.47 bits per heavy atom. The average molecular weight is 426 g/mol. The van der Waals surface area contributed by atoms with Gasteiger partial charge in [-0.2, -0.15) is 0 Å². The second-order valence-electron chi connectivity index (χ2n) is 7.92. The van der Waals surface area contributed by atoms with Gasteiger partial charge < -0.3 is 14.4 Å². The lowest BCUT2D eigenvalue weighted by atomic mass is 10.0. The maximum absolute atomic E-state index is 9.45. The lowest BCUT2D eigenvalue weighted by Gasteiger charge is -2.05. The zero-order valence-electron chi connectivity index (χ0n) is 18.6. The third-order valence-electron chi connectivity index (χ3n) is 5.32. The van der Waals surface area contributed by atoms with Crippen molar-refractivity contribution in [1.29, 1.82) is 0 Å². The van der Waals surface area contributed by atoms with Crippen molar-refractivity contribution in [2.75, 3.05) is 0 Å². The fraction of sp³-hybridized carbons (Fsp3) is 0.179. The molecule has 4 nitrogen and oxygen atoms in total. The van der Waals surface area contributed by atoms with Gasteiger partial charge >= 0.3 is 0 Å². The smallest absolute Gasteiger partial charge is 0.138 e. The third kappa shape index (κ3) is 4.82. The molecule has 4 aromatic rings. The lowest BCUT2D eigenvalue weighted by molar-refractivity contribution is 0.206. The van der Waals surface area contributed by atoms with E-state index in [0.29, 0.717) is 12.2 Å². The van der Waals surface area contributed by atoms with Crippen molar-refractivity contribution in [2.45, 2.75) is 33.3 Å².